The van der Waals surface area contributed by atoms with Gasteiger partial charge in [-0.3, -0.25) is 4.79 Å². The van der Waals surface area contributed by atoms with E-state index in [-0.39, 0.29) is 17.7 Å². The summed E-state index contributed by atoms with van der Waals surface area (Å²) in [7, 11) is 0. The second kappa shape index (κ2) is 8.34. The number of halogens is 3. The summed E-state index contributed by atoms with van der Waals surface area (Å²) < 4.78 is 40.4. The van der Waals surface area contributed by atoms with Gasteiger partial charge in [-0.15, -0.1) is 13.2 Å². The smallest absolute Gasteiger partial charge is 0.406 e. The van der Waals surface area contributed by atoms with Gasteiger partial charge in [-0.1, -0.05) is 12.1 Å². The van der Waals surface area contributed by atoms with Gasteiger partial charge in [-0.2, -0.15) is 0 Å². The lowest BCUT2D eigenvalue weighted by molar-refractivity contribution is -0.274. The fraction of sp³-hybridized carbons (Fsp3) is 0.500. The number of nitrogens with two attached hydrogens (primary N) is 1. The van der Waals surface area contributed by atoms with E-state index in [0.29, 0.717) is 37.0 Å². The van der Waals surface area contributed by atoms with E-state index in [2.05, 4.69) is 4.74 Å². The number of ether oxygens (including phenoxy) is 1. The van der Waals surface area contributed by atoms with Gasteiger partial charge in [0.15, 0.2) is 0 Å². The van der Waals surface area contributed by atoms with Crippen LogP contribution in [0.2, 0.25) is 0 Å². The molecule has 2 aliphatic rings. The van der Waals surface area contributed by atoms with E-state index in [1.54, 1.807) is 15.9 Å². The molecule has 1 aromatic rings. The third-order valence-electron chi connectivity index (χ3n) is 5.78. The molecule has 0 aromatic heterocycles. The number of likely N-dealkylation sites (tertiary alicyclic amines) is 2. The molecule has 3 unspecified atom stereocenters. The summed E-state index contributed by atoms with van der Waals surface area (Å²) in [5.74, 6) is 0.213. The monoisotopic (exact) mass is 411 g/mol. The SMILES string of the molecule is CC1C2CCN(C(=O)C=Cc3ccc(OC(F)(F)F)cc3)CCC2CN1C(N)=O. The summed E-state index contributed by atoms with van der Waals surface area (Å²) in [6, 6.07) is 5.00. The molecule has 0 radical (unpaired) electrons. The predicted octanol–water partition coefficient (Wildman–Crippen LogP) is 3.24. The van der Waals surface area contributed by atoms with Crippen molar-refractivity contribution in [1.29, 1.82) is 0 Å². The number of hydrogen-bond donors (Lipinski definition) is 1. The molecule has 1 aromatic carbocycles. The number of urea groups is 1. The van der Waals surface area contributed by atoms with Crippen LogP contribution in [0.4, 0.5) is 18.0 Å². The Kier molecular flexibility index (Phi) is 6.04. The van der Waals surface area contributed by atoms with Gasteiger partial charge in [0, 0.05) is 31.8 Å². The minimum Gasteiger partial charge on any atom is -0.406 e. The summed E-state index contributed by atoms with van der Waals surface area (Å²) in [4.78, 5) is 27.6. The number of carbonyl (C=O) groups is 2. The fourth-order valence-corrected chi connectivity index (χ4v) is 4.26. The molecule has 9 heteroatoms. The molecular formula is C20H24F3N3O3. The van der Waals surface area contributed by atoms with Crippen LogP contribution < -0.4 is 10.5 Å². The minimum atomic E-state index is -4.73. The lowest BCUT2D eigenvalue weighted by atomic mass is 9.87. The van der Waals surface area contributed by atoms with Crippen LogP contribution in [-0.2, 0) is 4.79 Å². The number of nitrogens with zero attached hydrogens (tertiary/aromatic N) is 2. The second-order valence-corrected chi connectivity index (χ2v) is 7.51. The zero-order valence-corrected chi connectivity index (χ0v) is 16.1. The molecule has 3 rings (SSSR count). The summed E-state index contributed by atoms with van der Waals surface area (Å²) in [6.07, 6.45) is -0.117. The normalized spacial score (nSPS) is 25.0. The number of fused-ring (bicyclic) bond motifs is 1. The van der Waals surface area contributed by atoms with Crippen molar-refractivity contribution in [1.82, 2.24) is 9.80 Å². The van der Waals surface area contributed by atoms with Gasteiger partial charge in [-0.05, 0) is 55.4 Å². The number of rotatable bonds is 3. The molecule has 2 heterocycles. The molecule has 0 bridgehead atoms. The molecule has 0 saturated carbocycles. The third-order valence-corrected chi connectivity index (χ3v) is 5.78. The number of hydrogen-bond acceptors (Lipinski definition) is 3. The molecule has 2 saturated heterocycles. The van der Waals surface area contributed by atoms with Crippen LogP contribution in [0.15, 0.2) is 30.3 Å². The van der Waals surface area contributed by atoms with Crippen molar-refractivity contribution >= 4 is 18.0 Å². The summed E-state index contributed by atoms with van der Waals surface area (Å²) in [5, 5.41) is 0. The highest BCUT2D eigenvalue weighted by Crippen LogP contribution is 2.36. The first-order chi connectivity index (χ1) is 13.6. The zero-order chi connectivity index (χ0) is 21.2. The number of alkyl halides is 3. The summed E-state index contributed by atoms with van der Waals surface area (Å²) >= 11 is 0. The third kappa shape index (κ3) is 5.21. The van der Waals surface area contributed by atoms with Crippen LogP contribution in [0.25, 0.3) is 6.08 Å². The van der Waals surface area contributed by atoms with Crippen molar-refractivity contribution in [3.05, 3.63) is 35.9 Å². The zero-order valence-electron chi connectivity index (χ0n) is 16.1. The molecule has 3 amide bonds. The molecular weight excluding hydrogens is 387 g/mol. The first-order valence-electron chi connectivity index (χ1n) is 9.53. The van der Waals surface area contributed by atoms with Gasteiger partial charge in [0.2, 0.25) is 5.91 Å². The van der Waals surface area contributed by atoms with Gasteiger partial charge in [0.1, 0.15) is 5.75 Å². The highest BCUT2D eigenvalue weighted by molar-refractivity contribution is 5.91. The topological polar surface area (TPSA) is 75.9 Å². The van der Waals surface area contributed by atoms with E-state index >= 15 is 0 Å². The van der Waals surface area contributed by atoms with Crippen LogP contribution in [0.3, 0.4) is 0 Å². The number of amides is 3. The molecule has 0 aliphatic carbocycles. The van der Waals surface area contributed by atoms with Gasteiger partial charge in [0.25, 0.3) is 0 Å². The van der Waals surface area contributed by atoms with Crippen molar-refractivity contribution in [3.63, 3.8) is 0 Å². The molecule has 2 fully saturated rings. The Bertz CT molecular complexity index is 779. The van der Waals surface area contributed by atoms with Gasteiger partial charge < -0.3 is 20.3 Å². The lowest BCUT2D eigenvalue weighted by Crippen LogP contribution is -2.40. The van der Waals surface area contributed by atoms with E-state index in [1.165, 1.54) is 30.3 Å². The molecule has 29 heavy (non-hydrogen) atoms. The maximum absolute atomic E-state index is 12.5. The molecule has 158 valence electrons. The van der Waals surface area contributed by atoms with Gasteiger partial charge >= 0.3 is 12.4 Å². The van der Waals surface area contributed by atoms with Crippen LogP contribution in [-0.4, -0.2) is 53.8 Å². The van der Waals surface area contributed by atoms with Crippen LogP contribution in [0, 0.1) is 11.8 Å². The predicted molar refractivity (Wildman–Crippen MR) is 101 cm³/mol. The van der Waals surface area contributed by atoms with Gasteiger partial charge in [-0.25, -0.2) is 4.79 Å². The first-order valence-corrected chi connectivity index (χ1v) is 9.53. The lowest BCUT2D eigenvalue weighted by Gasteiger charge is -2.24. The Balaban J connectivity index is 1.56. The van der Waals surface area contributed by atoms with E-state index in [9.17, 15) is 22.8 Å². The second-order valence-electron chi connectivity index (χ2n) is 7.51. The maximum atomic E-state index is 12.5. The number of carbonyl (C=O) groups excluding carboxylic acids is 2. The van der Waals surface area contributed by atoms with E-state index in [4.69, 9.17) is 5.73 Å². The quantitative estimate of drug-likeness (QED) is 0.776. The highest BCUT2D eigenvalue weighted by atomic mass is 19.4. The largest absolute Gasteiger partial charge is 0.573 e. The Morgan fingerprint density at radius 1 is 1.17 bits per heavy atom. The Hall–Kier alpha value is -2.71. The summed E-state index contributed by atoms with van der Waals surface area (Å²) in [5.41, 5.74) is 6.04. The van der Waals surface area contributed by atoms with Crippen LogP contribution in [0.5, 0.6) is 5.75 Å². The Morgan fingerprint density at radius 3 is 2.45 bits per heavy atom. The standard InChI is InChI=1S/C20H24F3N3O3/c1-13-17-9-11-25(10-8-15(17)12-26(13)19(24)28)18(27)7-4-14-2-5-16(6-3-14)29-20(21,22)23/h2-7,13,15,17H,8-12H2,1H3,(H2,24,28). The molecule has 6 nitrogen and oxygen atoms in total. The van der Waals surface area contributed by atoms with Crippen molar-refractivity contribution in [3.8, 4) is 5.75 Å². The van der Waals surface area contributed by atoms with E-state index in [1.807, 2.05) is 6.92 Å². The van der Waals surface area contributed by atoms with Crippen molar-refractivity contribution < 1.29 is 27.5 Å². The highest BCUT2D eigenvalue weighted by Gasteiger charge is 2.42. The maximum Gasteiger partial charge on any atom is 0.573 e. The number of benzene rings is 1. The number of primary amides is 1. The van der Waals surface area contributed by atoms with Crippen LogP contribution >= 0.6 is 0 Å². The molecule has 2 N–H and O–H groups in total. The minimum absolute atomic E-state index is 0.0699. The van der Waals surface area contributed by atoms with Crippen LogP contribution in [0.1, 0.15) is 25.3 Å². The average Bonchev–Trinajstić information content (AvgIpc) is 2.82. The summed E-state index contributed by atoms with van der Waals surface area (Å²) in [6.45, 7) is 3.83. The average molecular weight is 411 g/mol. The van der Waals surface area contributed by atoms with E-state index < -0.39 is 12.4 Å². The fourth-order valence-electron chi connectivity index (χ4n) is 4.26. The van der Waals surface area contributed by atoms with Crippen molar-refractivity contribution in [2.45, 2.75) is 32.2 Å². The first kappa shape index (κ1) is 21.0. The van der Waals surface area contributed by atoms with Gasteiger partial charge in [0.05, 0.1) is 0 Å². The molecule has 3 atom stereocenters. The van der Waals surface area contributed by atoms with Crippen molar-refractivity contribution in [2.24, 2.45) is 17.6 Å². The molecule has 0 spiro atoms. The molecule has 2 aliphatic heterocycles. The van der Waals surface area contributed by atoms with Crippen molar-refractivity contribution in [2.75, 3.05) is 19.6 Å². The van der Waals surface area contributed by atoms with E-state index in [0.717, 1.165) is 12.8 Å². The Labute approximate surface area is 167 Å². The Morgan fingerprint density at radius 2 is 1.83 bits per heavy atom.